The molecule has 4 fully saturated rings. The molecule has 0 aromatic heterocycles. The highest BCUT2D eigenvalue weighted by atomic mass is 32.2. The number of aliphatic hydroxyl groups is 1. The van der Waals surface area contributed by atoms with Gasteiger partial charge in [0, 0.05) is 42.6 Å². The lowest BCUT2D eigenvalue weighted by Crippen LogP contribution is -2.63. The Morgan fingerprint density at radius 2 is 0.973 bits per heavy atom. The van der Waals surface area contributed by atoms with Crippen LogP contribution in [0.2, 0.25) is 0 Å². The number of sulfonamides is 1. The third-order valence-corrected chi connectivity index (χ3v) is 34.6. The molecule has 148 heavy (non-hydrogen) atoms. The third-order valence-electron chi connectivity index (χ3n) is 29.7. The molecule has 2 saturated carbocycles. The summed E-state index contributed by atoms with van der Waals surface area (Å²) < 4.78 is 54.6. The maximum Gasteiger partial charge on any atom is 0.329 e. The minimum atomic E-state index is -4.40. The second-order valence-corrected chi connectivity index (χ2v) is 48.0. The number of nitrogens with zero attached hydrogens (tertiary/aromatic N) is 2. The molecule has 3 heterocycles. The first kappa shape index (κ1) is 116. The van der Waals surface area contributed by atoms with Gasteiger partial charge in [0.05, 0.1) is 56.9 Å². The molecule has 8 amide bonds. The number of thioether (sulfide) groups is 2. The largest absolute Gasteiger partial charge is 0.487 e. The maximum atomic E-state index is 16.3. The Bertz CT molecular complexity index is 5540. The average molecular weight is 2090 g/mol. The van der Waals surface area contributed by atoms with Crippen LogP contribution in [0.25, 0.3) is 0 Å². The van der Waals surface area contributed by atoms with Gasteiger partial charge in [-0.2, -0.15) is 0 Å². The summed E-state index contributed by atoms with van der Waals surface area (Å²) in [6.45, 7) is 30.4. The van der Waals surface area contributed by atoms with E-state index in [2.05, 4.69) is 47.3 Å². The molecule has 32 heteroatoms. The predicted molar refractivity (Wildman–Crippen MR) is 583 cm³/mol. The van der Waals surface area contributed by atoms with Crippen molar-refractivity contribution in [1.29, 1.82) is 5.41 Å². The molecular weight excluding hydrogens is 1930 g/mol. The van der Waals surface area contributed by atoms with Crippen molar-refractivity contribution in [2.75, 3.05) is 37.8 Å². The first-order valence-electron chi connectivity index (χ1n) is 53.3. The van der Waals surface area contributed by atoms with E-state index >= 15 is 33.6 Å². The molecule has 2 saturated heterocycles. The van der Waals surface area contributed by atoms with Crippen molar-refractivity contribution in [3.05, 3.63) is 238 Å². The Labute approximate surface area is 885 Å². The highest BCUT2D eigenvalue weighted by Crippen LogP contribution is 2.52. The predicted octanol–water partition coefficient (Wildman–Crippen LogP) is 15.1. The summed E-state index contributed by atoms with van der Waals surface area (Å²) in [4.78, 5) is 144. The Morgan fingerprint density at radius 3 is 1.47 bits per heavy atom. The second-order valence-electron chi connectivity index (χ2n) is 43.9. The van der Waals surface area contributed by atoms with Crippen molar-refractivity contribution in [2.45, 2.75) is 350 Å². The molecule has 5 aliphatic rings. The third kappa shape index (κ3) is 29.6. The summed E-state index contributed by atoms with van der Waals surface area (Å²) in [5, 5.41) is 46.2. The zero-order valence-corrected chi connectivity index (χ0v) is 92.0. The first-order valence-corrected chi connectivity index (χ1v) is 56.7. The highest BCUT2D eigenvalue weighted by molar-refractivity contribution is 8.01. The summed E-state index contributed by atoms with van der Waals surface area (Å²) >= 11 is 2.92. The number of nitrogens with two attached hydrogens (primary N) is 1. The lowest BCUT2D eigenvalue weighted by atomic mass is 9.84. The molecule has 804 valence electrons. The van der Waals surface area contributed by atoms with Crippen LogP contribution in [0.4, 0.5) is 0 Å². The number of hydrogen-bond acceptors (Lipinski definition) is 21. The van der Waals surface area contributed by atoms with Crippen molar-refractivity contribution in [1.82, 2.24) is 57.1 Å². The molecule has 1 unspecified atom stereocenters. The quantitative estimate of drug-likeness (QED) is 0.00421. The highest BCUT2D eigenvalue weighted by Gasteiger charge is 2.53. The molecule has 7 aromatic carbocycles. The first-order chi connectivity index (χ1) is 70.4. The minimum Gasteiger partial charge on any atom is -0.487 e. The molecular formula is C116H161N13O16S3. The van der Waals surface area contributed by atoms with E-state index in [9.17, 15) is 23.1 Å². The van der Waals surface area contributed by atoms with Crippen molar-refractivity contribution >= 4 is 92.7 Å². The van der Waals surface area contributed by atoms with Crippen molar-refractivity contribution < 1.29 is 75.6 Å². The van der Waals surface area contributed by atoms with Gasteiger partial charge >= 0.3 is 5.97 Å². The fraction of sp³-hybridized carbons (Fsp3) is 0.552. The second kappa shape index (κ2) is 52.4. The number of amides is 8. The fourth-order valence-corrected chi connectivity index (χ4v) is 25.9. The molecule has 12 rings (SSSR count). The lowest BCUT2D eigenvalue weighted by Gasteiger charge is -2.40. The number of benzene rings is 7. The maximum absolute atomic E-state index is 16.3. The zero-order valence-electron chi connectivity index (χ0n) is 89.6. The number of esters is 1. The summed E-state index contributed by atoms with van der Waals surface area (Å²) in [5.41, 5.74) is 12.5. The molecule has 0 spiro atoms. The zero-order chi connectivity index (χ0) is 107. The Morgan fingerprint density at radius 1 is 0.527 bits per heavy atom. The molecule has 29 nitrogen and oxygen atoms in total. The van der Waals surface area contributed by atoms with Crippen LogP contribution in [0.3, 0.4) is 0 Å². The number of fused-ring (bicyclic) bond motifs is 2. The van der Waals surface area contributed by atoms with E-state index in [1.54, 1.807) is 72.1 Å². The standard InChI is InChI=1S/C116H161N13O16S3/c1-18-74(5)97(107(136)124-93(105(134)126-98(75(6)19-2)110(139)144-86-59-40-20-21-41-60-86)72-147-116(83-53-34-25-35-54-83,84-55-36-26-37-56-84)85-57-38-27-39-58-85)125-106(135)96-67-79-46-42-43-62-94(79)129(96)109(138)95-63-45-65-128(95)108(137)90(66-73(3)4)121-104(133)92(70-143-113(13,14)15)123-102(131)89(61-44-64-119-111(118)127-148(140,141)100-77(8)76(7)99-87(78(100)9)68-114(16,17)145-99)120-103(132)91(69-142-112(10,11)12)122-101(130)88(117)71-146-115(80-47-28-22-29-48-80,81-49-30-23-31-50-81)82-51-32-24-33-52-82/h22-39,47-58,73-75,79,86,88-98,108,137H,18-21,40-46,59-72,117H2,1-17H3,(H,120,132)(H,121,133)(H,122,130)(H,123,131)(H,124,136)(H,125,135)(H,126,134)(H3,118,119,127)/t74-,75-,79-,88-,89-,90-,91-,92-,93-,94-,95-,96-,97-,98-,108?/m0/s1. The normalized spacial score (nSPS) is 19.4. The van der Waals surface area contributed by atoms with E-state index in [0.717, 1.165) is 96.7 Å². The van der Waals surface area contributed by atoms with Crippen molar-refractivity contribution in [3.63, 3.8) is 0 Å². The van der Waals surface area contributed by atoms with Crippen LogP contribution in [-0.4, -0.2) is 216 Å². The van der Waals surface area contributed by atoms with E-state index in [0.29, 0.717) is 61.0 Å². The van der Waals surface area contributed by atoms with Gasteiger partial charge in [0.1, 0.15) is 66.0 Å². The van der Waals surface area contributed by atoms with E-state index in [-0.39, 0.29) is 85.1 Å². The SMILES string of the molecule is CC[C@H](C)[C@H](NC(=O)[C@@H]1C[C@@H]2CCCC[C@@H]2N1C(=O)[C@@H]1CCCN1C(O)[C@H](CC(C)C)NC(=O)[C@H](COC(C)(C)C)NC(=O)[C@H](CCCNC(=N)NS(=O)(=O)c1c(C)c(C)c2c(c1C)CC(C)(C)O2)NC(=O)[C@H](COC(C)(C)C)NC(=O)[C@@H](N)CSC(c1ccccc1)(c1ccccc1)c1ccccc1)C(=O)N[C@@H](CSC(c1ccccc1)(c1ccccc1)c1ccccc1)C(=O)N[C@H](C(=O)OC1CCCCCC1)[C@@H](C)CC. The average Bonchev–Trinajstić information content (AvgIpc) is 1.70. The fourth-order valence-electron chi connectivity index (χ4n) is 21.3. The topological polar surface area (TPSA) is 410 Å². The summed E-state index contributed by atoms with van der Waals surface area (Å²) in [6, 6.07) is 46.6. The van der Waals surface area contributed by atoms with E-state index in [1.165, 1.54) is 23.5 Å². The number of likely N-dealkylation sites (tertiary alicyclic amines) is 2. The molecule has 0 bridgehead atoms. The Kier molecular flexibility index (Phi) is 41.0. The van der Waals surface area contributed by atoms with Gasteiger partial charge in [0.15, 0.2) is 0 Å². The molecule has 0 radical (unpaired) electrons. The van der Waals surface area contributed by atoms with Gasteiger partial charge in [0.2, 0.25) is 53.2 Å². The van der Waals surface area contributed by atoms with E-state index in [4.69, 9.17) is 30.1 Å². The lowest BCUT2D eigenvalue weighted by molar-refractivity contribution is -0.155. The number of carbonyl (C=O) groups is 9. The van der Waals surface area contributed by atoms with Gasteiger partial charge < -0.3 is 77.2 Å². The van der Waals surface area contributed by atoms with Gasteiger partial charge in [-0.3, -0.25) is 48.7 Å². The number of hydrogen-bond donors (Lipinski definition) is 12. The number of aliphatic hydroxyl groups excluding tert-OH is 1. The van der Waals surface area contributed by atoms with Crippen LogP contribution < -0.4 is 57.7 Å². The van der Waals surface area contributed by atoms with Crippen LogP contribution in [0.5, 0.6) is 5.75 Å². The number of nitrogens with one attached hydrogen (secondary N) is 10. The summed E-state index contributed by atoms with van der Waals surface area (Å²) in [5.74, 6) is -7.10. The molecule has 15 atom stereocenters. The van der Waals surface area contributed by atoms with Crippen molar-refractivity contribution in [2.24, 2.45) is 29.4 Å². The smallest absolute Gasteiger partial charge is 0.329 e. The Balaban J connectivity index is 0.800. The van der Waals surface area contributed by atoms with Gasteiger partial charge in [-0.05, 0) is 227 Å². The van der Waals surface area contributed by atoms with Crippen LogP contribution in [0, 0.1) is 49.9 Å². The molecule has 2 aliphatic carbocycles. The van der Waals surface area contributed by atoms with Crippen LogP contribution in [-0.2, 0) is 83.3 Å². The van der Waals surface area contributed by atoms with Gasteiger partial charge in [-0.15, -0.1) is 23.5 Å². The monoisotopic (exact) mass is 2090 g/mol. The summed E-state index contributed by atoms with van der Waals surface area (Å²) in [6.07, 6.45) is 8.82. The van der Waals surface area contributed by atoms with E-state index in [1.807, 2.05) is 237 Å². The Hall–Kier alpha value is -10.7. The molecule has 13 N–H and O–H groups in total. The van der Waals surface area contributed by atoms with Crippen LogP contribution in [0.1, 0.15) is 268 Å². The number of guanidine groups is 1. The molecule has 3 aliphatic heterocycles. The van der Waals surface area contributed by atoms with Gasteiger partial charge in [0.25, 0.3) is 10.0 Å². The van der Waals surface area contributed by atoms with Crippen LogP contribution >= 0.6 is 23.5 Å². The van der Waals surface area contributed by atoms with E-state index < -0.39 is 181 Å². The van der Waals surface area contributed by atoms with Crippen LogP contribution in [0.15, 0.2) is 187 Å². The van der Waals surface area contributed by atoms with Gasteiger partial charge in [-0.25, -0.2) is 17.9 Å². The number of carbonyl (C=O) groups excluding carboxylic acids is 9. The number of rotatable bonds is 47. The van der Waals surface area contributed by atoms with Gasteiger partial charge in [-0.1, -0.05) is 262 Å². The molecule has 7 aromatic rings. The van der Waals surface area contributed by atoms with Crippen molar-refractivity contribution in [3.8, 4) is 5.75 Å². The summed E-state index contributed by atoms with van der Waals surface area (Å²) in [7, 11) is -4.40. The number of ether oxygens (including phenoxy) is 4. The minimum absolute atomic E-state index is 0.0157.